The summed E-state index contributed by atoms with van der Waals surface area (Å²) < 4.78 is 45.3. The standard InChI is InChI=1S/C20H18F3N3O/c1-14-8-10-16(11-9-14)26(2)19-24-12-17(20(21,22)23)18(25-19)27-13-15-6-4-3-5-7-15/h3-12H,13H2,1-2H3. The maximum atomic E-state index is 13.3. The molecule has 0 amide bonds. The number of aryl methyl sites for hydroxylation is 1. The first-order valence-electron chi connectivity index (χ1n) is 8.26. The van der Waals surface area contributed by atoms with Gasteiger partial charge in [0, 0.05) is 18.9 Å². The third-order valence-corrected chi connectivity index (χ3v) is 3.99. The largest absolute Gasteiger partial charge is 0.472 e. The molecule has 4 nitrogen and oxygen atoms in total. The molecule has 140 valence electrons. The van der Waals surface area contributed by atoms with E-state index in [1.807, 2.05) is 37.3 Å². The number of hydrogen-bond donors (Lipinski definition) is 0. The summed E-state index contributed by atoms with van der Waals surface area (Å²) in [5, 5.41) is 0. The summed E-state index contributed by atoms with van der Waals surface area (Å²) in [6, 6.07) is 16.5. The summed E-state index contributed by atoms with van der Waals surface area (Å²) >= 11 is 0. The molecule has 2 aromatic carbocycles. The summed E-state index contributed by atoms with van der Waals surface area (Å²) in [5.41, 5.74) is 1.58. The van der Waals surface area contributed by atoms with E-state index < -0.39 is 17.6 Å². The van der Waals surface area contributed by atoms with Crippen molar-refractivity contribution in [1.29, 1.82) is 0 Å². The monoisotopic (exact) mass is 373 g/mol. The molecule has 0 saturated heterocycles. The van der Waals surface area contributed by atoms with Gasteiger partial charge in [-0.15, -0.1) is 0 Å². The molecular weight excluding hydrogens is 355 g/mol. The predicted octanol–water partition coefficient (Wildman–Crippen LogP) is 5.15. The second-order valence-electron chi connectivity index (χ2n) is 6.06. The average molecular weight is 373 g/mol. The molecule has 0 aliphatic carbocycles. The van der Waals surface area contributed by atoms with Gasteiger partial charge < -0.3 is 9.64 Å². The number of aromatic nitrogens is 2. The molecule has 27 heavy (non-hydrogen) atoms. The lowest BCUT2D eigenvalue weighted by Crippen LogP contribution is -2.17. The van der Waals surface area contributed by atoms with Crippen LogP contribution in [0.2, 0.25) is 0 Å². The zero-order chi connectivity index (χ0) is 19.4. The fraction of sp³-hybridized carbons (Fsp3) is 0.200. The number of hydrogen-bond acceptors (Lipinski definition) is 4. The van der Waals surface area contributed by atoms with Crippen LogP contribution in [0.3, 0.4) is 0 Å². The van der Waals surface area contributed by atoms with E-state index in [0.717, 1.165) is 23.0 Å². The zero-order valence-corrected chi connectivity index (χ0v) is 14.9. The van der Waals surface area contributed by atoms with E-state index in [2.05, 4.69) is 9.97 Å². The number of halogens is 3. The minimum Gasteiger partial charge on any atom is -0.472 e. The molecule has 1 heterocycles. The van der Waals surface area contributed by atoms with E-state index in [4.69, 9.17) is 4.74 Å². The van der Waals surface area contributed by atoms with Crippen molar-refractivity contribution in [2.45, 2.75) is 19.7 Å². The Balaban J connectivity index is 1.91. The van der Waals surface area contributed by atoms with Gasteiger partial charge in [-0.05, 0) is 24.6 Å². The van der Waals surface area contributed by atoms with Gasteiger partial charge in [0.15, 0.2) is 0 Å². The van der Waals surface area contributed by atoms with Crippen molar-refractivity contribution in [2.24, 2.45) is 0 Å². The van der Waals surface area contributed by atoms with Crippen LogP contribution < -0.4 is 9.64 Å². The Morgan fingerprint density at radius 3 is 2.30 bits per heavy atom. The molecular formula is C20H18F3N3O. The molecule has 0 radical (unpaired) electrons. The van der Waals surface area contributed by atoms with Crippen LogP contribution in [0.1, 0.15) is 16.7 Å². The second-order valence-corrected chi connectivity index (χ2v) is 6.06. The highest BCUT2D eigenvalue weighted by Crippen LogP contribution is 2.36. The Bertz CT molecular complexity index is 897. The Labute approximate surface area is 155 Å². The van der Waals surface area contributed by atoms with Gasteiger partial charge in [-0.1, -0.05) is 48.0 Å². The minimum atomic E-state index is -4.60. The quantitative estimate of drug-likeness (QED) is 0.620. The van der Waals surface area contributed by atoms with Crippen molar-refractivity contribution in [2.75, 3.05) is 11.9 Å². The fourth-order valence-electron chi connectivity index (χ4n) is 2.43. The molecule has 0 N–H and O–H groups in total. The number of anilines is 2. The number of alkyl halides is 3. The van der Waals surface area contributed by atoms with Crippen LogP contribution in [0.15, 0.2) is 60.8 Å². The third kappa shape index (κ3) is 4.55. The molecule has 3 aromatic rings. The highest BCUT2D eigenvalue weighted by Gasteiger charge is 2.36. The van der Waals surface area contributed by atoms with Gasteiger partial charge in [-0.3, -0.25) is 0 Å². The van der Waals surface area contributed by atoms with Crippen LogP contribution in [0, 0.1) is 6.92 Å². The Kier molecular flexibility index (Phi) is 5.30. The first kappa shape index (κ1) is 18.7. The highest BCUT2D eigenvalue weighted by atomic mass is 19.4. The Hall–Kier alpha value is -3.09. The number of ether oxygens (including phenoxy) is 1. The van der Waals surface area contributed by atoms with Crippen molar-refractivity contribution >= 4 is 11.6 Å². The fourth-order valence-corrected chi connectivity index (χ4v) is 2.43. The summed E-state index contributed by atoms with van der Waals surface area (Å²) in [5.74, 6) is -0.370. The Morgan fingerprint density at radius 1 is 1.00 bits per heavy atom. The molecule has 0 atom stereocenters. The van der Waals surface area contributed by atoms with Crippen LogP contribution >= 0.6 is 0 Å². The molecule has 0 unspecified atom stereocenters. The van der Waals surface area contributed by atoms with Gasteiger partial charge in [0.2, 0.25) is 11.8 Å². The molecule has 7 heteroatoms. The maximum Gasteiger partial charge on any atom is 0.423 e. The molecule has 0 aliphatic rings. The van der Waals surface area contributed by atoms with E-state index in [-0.39, 0.29) is 12.6 Å². The van der Waals surface area contributed by atoms with Crippen molar-refractivity contribution in [3.05, 3.63) is 77.5 Å². The second kappa shape index (κ2) is 7.65. The summed E-state index contributed by atoms with van der Waals surface area (Å²) in [4.78, 5) is 9.51. The molecule has 0 fully saturated rings. The Morgan fingerprint density at radius 2 is 1.67 bits per heavy atom. The van der Waals surface area contributed by atoms with E-state index >= 15 is 0 Å². The van der Waals surface area contributed by atoms with Crippen molar-refractivity contribution < 1.29 is 17.9 Å². The molecule has 0 aliphatic heterocycles. The van der Waals surface area contributed by atoms with Crippen LogP contribution in [-0.4, -0.2) is 17.0 Å². The third-order valence-electron chi connectivity index (χ3n) is 3.99. The lowest BCUT2D eigenvalue weighted by Gasteiger charge is -2.20. The van der Waals surface area contributed by atoms with E-state index in [1.165, 1.54) is 0 Å². The predicted molar refractivity (Wildman–Crippen MR) is 97.1 cm³/mol. The van der Waals surface area contributed by atoms with Gasteiger partial charge in [0.25, 0.3) is 0 Å². The van der Waals surface area contributed by atoms with Crippen LogP contribution in [0.4, 0.5) is 24.8 Å². The van der Waals surface area contributed by atoms with Gasteiger partial charge >= 0.3 is 6.18 Å². The van der Waals surface area contributed by atoms with Gasteiger partial charge in [0.1, 0.15) is 12.2 Å². The highest BCUT2D eigenvalue weighted by molar-refractivity contribution is 5.57. The van der Waals surface area contributed by atoms with Crippen molar-refractivity contribution in [1.82, 2.24) is 9.97 Å². The topological polar surface area (TPSA) is 38.2 Å². The van der Waals surface area contributed by atoms with E-state index in [0.29, 0.717) is 0 Å². The number of nitrogens with zero attached hydrogens (tertiary/aromatic N) is 3. The van der Waals surface area contributed by atoms with E-state index in [9.17, 15) is 13.2 Å². The molecule has 1 aromatic heterocycles. The molecule has 0 spiro atoms. The van der Waals surface area contributed by atoms with Crippen molar-refractivity contribution in [3.8, 4) is 5.88 Å². The maximum absolute atomic E-state index is 13.3. The van der Waals surface area contributed by atoms with Gasteiger partial charge in [-0.2, -0.15) is 18.2 Å². The number of rotatable bonds is 5. The normalized spacial score (nSPS) is 11.3. The summed E-state index contributed by atoms with van der Waals surface area (Å²) in [6.07, 6.45) is -3.85. The lowest BCUT2D eigenvalue weighted by atomic mass is 10.2. The van der Waals surface area contributed by atoms with Gasteiger partial charge in [-0.25, -0.2) is 4.98 Å². The smallest absolute Gasteiger partial charge is 0.423 e. The average Bonchev–Trinajstić information content (AvgIpc) is 2.66. The lowest BCUT2D eigenvalue weighted by molar-refractivity contribution is -0.139. The zero-order valence-electron chi connectivity index (χ0n) is 14.9. The summed E-state index contributed by atoms with van der Waals surface area (Å²) in [7, 11) is 1.69. The first-order chi connectivity index (χ1) is 12.8. The van der Waals surface area contributed by atoms with Crippen LogP contribution in [0.25, 0.3) is 0 Å². The van der Waals surface area contributed by atoms with Crippen LogP contribution in [0.5, 0.6) is 5.88 Å². The molecule has 0 saturated carbocycles. The van der Waals surface area contributed by atoms with Crippen molar-refractivity contribution in [3.63, 3.8) is 0 Å². The number of benzene rings is 2. The van der Waals surface area contributed by atoms with Crippen LogP contribution in [-0.2, 0) is 12.8 Å². The SMILES string of the molecule is Cc1ccc(N(C)c2ncc(C(F)(F)F)c(OCc3ccccc3)n2)cc1. The summed E-state index contributed by atoms with van der Waals surface area (Å²) in [6.45, 7) is 1.93. The minimum absolute atomic E-state index is 0.0192. The first-order valence-corrected chi connectivity index (χ1v) is 8.26. The molecule has 3 rings (SSSR count). The van der Waals surface area contributed by atoms with Gasteiger partial charge in [0.05, 0.1) is 0 Å². The molecule has 0 bridgehead atoms. The van der Waals surface area contributed by atoms with E-state index in [1.54, 1.807) is 36.2 Å².